The molecular formula is C43H60N2O8. The second-order valence-electron chi connectivity index (χ2n) is 16.0. The maximum Gasteiger partial charge on any atom is 0.410 e. The van der Waals surface area contributed by atoms with Crippen LogP contribution in [0.4, 0.5) is 4.79 Å². The summed E-state index contributed by atoms with van der Waals surface area (Å²) in [6.45, 7) is 14.9. The van der Waals surface area contributed by atoms with Crippen LogP contribution in [0.1, 0.15) is 88.3 Å². The predicted octanol–water partition coefficient (Wildman–Crippen LogP) is 8.47. The Balaban J connectivity index is 1.72. The summed E-state index contributed by atoms with van der Waals surface area (Å²) in [6.07, 6.45) is 8.67. The molecule has 0 radical (unpaired) electrons. The van der Waals surface area contributed by atoms with Crippen molar-refractivity contribution in [1.82, 2.24) is 4.90 Å². The number of ether oxygens (including phenoxy) is 4. The van der Waals surface area contributed by atoms with Crippen LogP contribution in [0.25, 0.3) is 0 Å². The van der Waals surface area contributed by atoms with Crippen LogP contribution in [0.15, 0.2) is 65.9 Å². The molecule has 0 spiro atoms. The number of aryl methyl sites for hydroxylation is 2. The number of unbranched alkanes of at least 4 members (excludes halogenated alkanes) is 2. The van der Waals surface area contributed by atoms with E-state index < -0.39 is 23.8 Å². The Kier molecular flexibility index (Phi) is 13.3. The summed E-state index contributed by atoms with van der Waals surface area (Å²) in [4.78, 5) is 21.0. The second kappa shape index (κ2) is 17.5. The van der Waals surface area contributed by atoms with Gasteiger partial charge in [0, 0.05) is 38.2 Å². The van der Waals surface area contributed by atoms with Crippen LogP contribution >= 0.6 is 0 Å². The van der Waals surface area contributed by atoms with E-state index in [0.29, 0.717) is 30.8 Å². The molecule has 1 aliphatic heterocycles. The number of carbonyl (C=O) groups is 1. The van der Waals surface area contributed by atoms with Crippen molar-refractivity contribution in [2.24, 2.45) is 28.3 Å². The van der Waals surface area contributed by atoms with E-state index in [9.17, 15) is 15.0 Å². The van der Waals surface area contributed by atoms with Crippen molar-refractivity contribution in [2.45, 2.75) is 97.3 Å². The lowest BCUT2D eigenvalue weighted by Gasteiger charge is -2.59. The first-order valence-corrected chi connectivity index (χ1v) is 19.1. The van der Waals surface area contributed by atoms with Gasteiger partial charge in [-0.15, -0.1) is 6.58 Å². The van der Waals surface area contributed by atoms with Gasteiger partial charge in [-0.2, -0.15) is 0 Å². The van der Waals surface area contributed by atoms with Crippen LogP contribution in [-0.4, -0.2) is 79.3 Å². The number of aliphatic hydroxyl groups is 2. The molecule has 0 bridgehead atoms. The molecular weight excluding hydrogens is 672 g/mol. The fourth-order valence-corrected chi connectivity index (χ4v) is 8.32. The molecule has 1 amide bonds. The lowest BCUT2D eigenvalue weighted by Crippen LogP contribution is -2.69. The molecule has 290 valence electrons. The summed E-state index contributed by atoms with van der Waals surface area (Å²) in [7, 11) is 3.28. The van der Waals surface area contributed by atoms with Crippen molar-refractivity contribution in [3.63, 3.8) is 0 Å². The van der Waals surface area contributed by atoms with Crippen molar-refractivity contribution < 1.29 is 38.8 Å². The molecule has 5 rings (SSSR count). The third kappa shape index (κ3) is 8.93. The number of likely N-dealkylation sites (N-methyl/N-ethyl adjacent to an activating group) is 1. The van der Waals surface area contributed by atoms with Gasteiger partial charge in [-0.05, 0) is 104 Å². The number of hydrogen-bond donors (Lipinski definition) is 2. The molecule has 10 nitrogen and oxygen atoms in total. The Hall–Kier alpha value is -3.86. The molecule has 0 aromatic heterocycles. The van der Waals surface area contributed by atoms with Gasteiger partial charge in [0.1, 0.15) is 30.4 Å². The first kappa shape index (κ1) is 40.3. The van der Waals surface area contributed by atoms with E-state index in [2.05, 4.69) is 43.8 Å². The second-order valence-corrected chi connectivity index (χ2v) is 16.0. The van der Waals surface area contributed by atoms with Gasteiger partial charge in [0.15, 0.2) is 0 Å². The minimum Gasteiger partial charge on any atom is -0.459 e. The highest BCUT2D eigenvalue weighted by Gasteiger charge is 2.65. The van der Waals surface area contributed by atoms with Gasteiger partial charge < -0.3 is 38.9 Å². The number of allylic oxidation sites excluding steroid dienone is 1. The first-order valence-electron chi connectivity index (χ1n) is 19.1. The highest BCUT2D eigenvalue weighted by molar-refractivity contribution is 6.02. The average molecular weight is 733 g/mol. The number of oxime groups is 1. The van der Waals surface area contributed by atoms with Crippen LogP contribution in [0, 0.1) is 37.0 Å². The van der Waals surface area contributed by atoms with Crippen molar-refractivity contribution >= 4 is 11.8 Å². The molecule has 10 heteroatoms. The van der Waals surface area contributed by atoms with Gasteiger partial charge in [0.25, 0.3) is 0 Å². The monoisotopic (exact) mass is 732 g/mol. The molecule has 3 aliphatic rings. The third-order valence-corrected chi connectivity index (χ3v) is 10.9. The summed E-state index contributed by atoms with van der Waals surface area (Å²) in [5.41, 5.74) is 4.82. The number of carbonyl (C=O) groups excluding carboxylic acids is 1. The van der Waals surface area contributed by atoms with Gasteiger partial charge in [-0.1, -0.05) is 57.0 Å². The molecule has 0 saturated heterocycles. The van der Waals surface area contributed by atoms with E-state index in [0.717, 1.165) is 53.8 Å². The largest absolute Gasteiger partial charge is 0.459 e. The molecule has 2 aliphatic carbocycles. The first-order chi connectivity index (χ1) is 25.4. The summed E-state index contributed by atoms with van der Waals surface area (Å²) >= 11 is 0. The van der Waals surface area contributed by atoms with Crippen molar-refractivity contribution in [3.05, 3.63) is 77.4 Å². The zero-order valence-electron chi connectivity index (χ0n) is 32.7. The fraction of sp³-hybridized carbons (Fsp3) is 0.581. The van der Waals surface area contributed by atoms with E-state index in [1.165, 1.54) is 5.56 Å². The van der Waals surface area contributed by atoms with Crippen molar-refractivity contribution in [3.8, 4) is 17.2 Å². The van der Waals surface area contributed by atoms with Crippen LogP contribution in [-0.2, 0) is 14.3 Å². The van der Waals surface area contributed by atoms with Gasteiger partial charge in [0.05, 0.1) is 24.8 Å². The van der Waals surface area contributed by atoms with Crippen LogP contribution in [0.5, 0.6) is 17.2 Å². The SMILES string of the molecule is C=CCO[C@@]12Oc3ccc(Oc4ccc(C)c(C)c4)cc3[C@H]3[C@H](CCCCO)[C@@H](CCCCO)C=C(C(=NOC)C[C@@H]1N(C)C(=O)OCC(C)(C)C)[C@H]32. The average Bonchev–Trinajstić information content (AvgIpc) is 3.12. The maximum absolute atomic E-state index is 13.9. The number of aliphatic hydroxyl groups excluding tert-OH is 2. The van der Waals surface area contributed by atoms with Crippen LogP contribution in [0.3, 0.4) is 0 Å². The minimum absolute atomic E-state index is 0.112. The number of rotatable bonds is 16. The fourth-order valence-electron chi connectivity index (χ4n) is 8.32. The van der Waals surface area contributed by atoms with Gasteiger partial charge in [-0.25, -0.2) is 4.79 Å². The number of fused-ring (bicyclic) bond motifs is 2. The number of nitrogens with zero attached hydrogens (tertiary/aromatic N) is 2. The number of benzene rings is 2. The van der Waals surface area contributed by atoms with Gasteiger partial charge >= 0.3 is 6.09 Å². The Morgan fingerprint density at radius 2 is 1.74 bits per heavy atom. The Morgan fingerprint density at radius 3 is 2.40 bits per heavy atom. The van der Waals surface area contributed by atoms with E-state index in [-0.39, 0.29) is 49.6 Å². The summed E-state index contributed by atoms with van der Waals surface area (Å²) in [5.74, 6) is 0.484. The third-order valence-electron chi connectivity index (χ3n) is 10.9. The van der Waals surface area contributed by atoms with Crippen LogP contribution < -0.4 is 9.47 Å². The standard InChI is InChI=1S/C43H60N2O8/c1-9-22-51-43-38(45(7)41(48)50-27-42(4,5)6)26-36(44-49-8)34-24-30(14-10-12-20-46)33(15-11-13-21-47)39(40(34)43)35-25-32(18-19-37(35)53-43)52-31-17-16-28(2)29(3)23-31/h9,16-19,23-25,30,33,38-40,46-47H,1,10-15,20-22,26-27H2,2-8H3/t30-,33+,38-,39+,40+,43+/m0/s1. The van der Waals surface area contributed by atoms with Gasteiger partial charge in [0.2, 0.25) is 5.79 Å². The molecule has 0 unspecified atom stereocenters. The molecule has 1 fully saturated rings. The quantitative estimate of drug-likeness (QED) is 0.100. The van der Waals surface area contributed by atoms with E-state index >= 15 is 0 Å². The normalized spacial score (nSPS) is 25.4. The molecule has 6 atom stereocenters. The van der Waals surface area contributed by atoms with E-state index in [1.54, 1.807) is 25.1 Å². The van der Waals surface area contributed by atoms with E-state index in [1.807, 2.05) is 45.0 Å². The summed E-state index contributed by atoms with van der Waals surface area (Å²) in [5, 5.41) is 24.2. The molecule has 53 heavy (non-hydrogen) atoms. The van der Waals surface area contributed by atoms with E-state index in [4.69, 9.17) is 23.8 Å². The maximum atomic E-state index is 13.9. The summed E-state index contributed by atoms with van der Waals surface area (Å²) in [6, 6.07) is 11.4. The smallest absolute Gasteiger partial charge is 0.410 e. The van der Waals surface area contributed by atoms with Gasteiger partial charge in [-0.3, -0.25) is 0 Å². The van der Waals surface area contributed by atoms with Crippen molar-refractivity contribution in [2.75, 3.05) is 40.6 Å². The number of hydrogen-bond acceptors (Lipinski definition) is 9. The highest BCUT2D eigenvalue weighted by Crippen LogP contribution is 2.62. The predicted molar refractivity (Wildman–Crippen MR) is 207 cm³/mol. The molecule has 1 saturated carbocycles. The molecule has 1 heterocycles. The Morgan fingerprint density at radius 1 is 1.04 bits per heavy atom. The zero-order valence-corrected chi connectivity index (χ0v) is 32.7. The Labute approximate surface area is 315 Å². The Bertz CT molecular complexity index is 1650. The number of amides is 1. The minimum atomic E-state index is -1.33. The molecule has 2 aromatic carbocycles. The molecule has 2 aromatic rings. The summed E-state index contributed by atoms with van der Waals surface area (Å²) < 4.78 is 26.4. The lowest BCUT2D eigenvalue weighted by atomic mass is 9.55. The molecule has 2 N–H and O–H groups in total. The van der Waals surface area contributed by atoms with Crippen molar-refractivity contribution in [1.29, 1.82) is 0 Å². The zero-order chi connectivity index (χ0) is 38.3. The topological polar surface area (TPSA) is 119 Å². The highest BCUT2D eigenvalue weighted by atomic mass is 16.7. The van der Waals surface area contributed by atoms with Crippen LogP contribution in [0.2, 0.25) is 0 Å². The lowest BCUT2D eigenvalue weighted by molar-refractivity contribution is -0.253.